The predicted molar refractivity (Wildman–Crippen MR) is 121 cm³/mol. The minimum atomic E-state index is 0. The summed E-state index contributed by atoms with van der Waals surface area (Å²) in [6, 6.07) is 11.9. The monoisotopic (exact) mass is 470 g/mol. The molecule has 26 heavy (non-hydrogen) atoms. The summed E-state index contributed by atoms with van der Waals surface area (Å²) in [4.78, 5) is 6.99. The van der Waals surface area contributed by atoms with E-state index in [1.807, 2.05) is 7.05 Å². The van der Waals surface area contributed by atoms with Gasteiger partial charge in [-0.3, -0.25) is 9.89 Å². The first-order chi connectivity index (χ1) is 12.3. The van der Waals surface area contributed by atoms with Crippen molar-refractivity contribution in [1.29, 1.82) is 0 Å². The third kappa shape index (κ3) is 6.72. The summed E-state index contributed by atoms with van der Waals surface area (Å²) in [6.07, 6.45) is 7.90. The maximum Gasteiger partial charge on any atom is 0.191 e. The van der Waals surface area contributed by atoms with Crippen molar-refractivity contribution in [3.05, 3.63) is 35.9 Å². The van der Waals surface area contributed by atoms with Gasteiger partial charge < -0.3 is 10.6 Å². The van der Waals surface area contributed by atoms with Crippen LogP contribution < -0.4 is 10.6 Å². The van der Waals surface area contributed by atoms with Crippen molar-refractivity contribution in [2.24, 2.45) is 10.9 Å². The molecule has 1 heterocycles. The minimum absolute atomic E-state index is 0. The topological polar surface area (TPSA) is 39.7 Å². The molecule has 1 aromatic carbocycles. The number of aliphatic imine (C=N–C) groups is 1. The molecule has 1 atom stereocenters. The lowest BCUT2D eigenvalue weighted by atomic mass is 10.0. The zero-order chi connectivity index (χ0) is 17.5. The molecule has 1 aliphatic carbocycles. The molecule has 3 rings (SSSR count). The second-order valence-electron chi connectivity index (χ2n) is 7.63. The van der Waals surface area contributed by atoms with Crippen LogP contribution in [-0.2, 0) is 0 Å². The smallest absolute Gasteiger partial charge is 0.191 e. The van der Waals surface area contributed by atoms with Crippen molar-refractivity contribution in [3.8, 4) is 0 Å². The van der Waals surface area contributed by atoms with Gasteiger partial charge in [0.25, 0.3) is 0 Å². The van der Waals surface area contributed by atoms with Gasteiger partial charge in [-0.1, -0.05) is 43.2 Å². The molecule has 2 N–H and O–H groups in total. The normalized spacial score (nSPS) is 20.3. The Morgan fingerprint density at radius 1 is 1.15 bits per heavy atom. The second-order valence-corrected chi connectivity index (χ2v) is 7.63. The molecule has 2 aliphatic rings. The fraction of sp³-hybridized carbons (Fsp3) is 0.667. The zero-order valence-electron chi connectivity index (χ0n) is 16.3. The van der Waals surface area contributed by atoms with Gasteiger partial charge in [-0.25, -0.2) is 0 Å². The second kappa shape index (κ2) is 11.1. The Labute approximate surface area is 176 Å². The molecule has 2 fully saturated rings. The lowest BCUT2D eigenvalue weighted by Crippen LogP contribution is -2.49. The number of halogens is 1. The Morgan fingerprint density at radius 2 is 1.85 bits per heavy atom. The Bertz CT molecular complexity index is 536. The first-order valence-electron chi connectivity index (χ1n) is 10.0. The number of nitrogens with zero attached hydrogens (tertiary/aromatic N) is 2. The highest BCUT2D eigenvalue weighted by molar-refractivity contribution is 14.0. The van der Waals surface area contributed by atoms with Crippen LogP contribution in [0.1, 0.15) is 57.1 Å². The van der Waals surface area contributed by atoms with Gasteiger partial charge in [-0.05, 0) is 44.1 Å². The Hall–Kier alpha value is -0.820. The van der Waals surface area contributed by atoms with Crippen molar-refractivity contribution in [1.82, 2.24) is 15.5 Å². The first kappa shape index (κ1) is 21.5. The number of piperidine rings is 1. The van der Waals surface area contributed by atoms with Crippen LogP contribution >= 0.6 is 24.0 Å². The summed E-state index contributed by atoms with van der Waals surface area (Å²) >= 11 is 0. The van der Waals surface area contributed by atoms with Crippen LogP contribution in [-0.4, -0.2) is 43.6 Å². The van der Waals surface area contributed by atoms with Crippen molar-refractivity contribution in [2.75, 3.05) is 26.7 Å². The van der Waals surface area contributed by atoms with Gasteiger partial charge in [-0.2, -0.15) is 0 Å². The molecule has 1 unspecified atom stereocenters. The van der Waals surface area contributed by atoms with Crippen molar-refractivity contribution < 1.29 is 0 Å². The Morgan fingerprint density at radius 3 is 2.46 bits per heavy atom. The predicted octanol–water partition coefficient (Wildman–Crippen LogP) is 4.19. The largest absolute Gasteiger partial charge is 0.356 e. The summed E-state index contributed by atoms with van der Waals surface area (Å²) in [5, 5.41) is 7.11. The van der Waals surface area contributed by atoms with E-state index in [0.29, 0.717) is 12.1 Å². The summed E-state index contributed by atoms with van der Waals surface area (Å²) in [7, 11) is 1.88. The van der Waals surface area contributed by atoms with Crippen LogP contribution in [0.4, 0.5) is 0 Å². The molecular weight excluding hydrogens is 435 g/mol. The lowest BCUT2D eigenvalue weighted by molar-refractivity contribution is 0.158. The van der Waals surface area contributed by atoms with Crippen LogP contribution in [0, 0.1) is 5.92 Å². The maximum atomic E-state index is 4.40. The van der Waals surface area contributed by atoms with E-state index in [9.17, 15) is 0 Å². The molecule has 5 heteroatoms. The molecule has 0 spiro atoms. The molecular formula is C21H35IN4. The summed E-state index contributed by atoms with van der Waals surface area (Å²) in [5.74, 6) is 2.00. The third-order valence-corrected chi connectivity index (χ3v) is 5.70. The van der Waals surface area contributed by atoms with E-state index in [2.05, 4.69) is 57.8 Å². The SMILES string of the molecule is CN=C(NCCCC1CC1)NC1CCN(C(C)c2ccccc2)CC1.I. The zero-order valence-corrected chi connectivity index (χ0v) is 18.6. The molecule has 1 saturated carbocycles. The third-order valence-electron chi connectivity index (χ3n) is 5.70. The maximum absolute atomic E-state index is 4.40. The number of rotatable bonds is 7. The number of nitrogens with one attached hydrogen (secondary N) is 2. The summed E-state index contributed by atoms with van der Waals surface area (Å²) < 4.78 is 0. The number of benzene rings is 1. The van der Waals surface area contributed by atoms with Gasteiger partial charge in [0.15, 0.2) is 5.96 Å². The fourth-order valence-corrected chi connectivity index (χ4v) is 3.77. The van der Waals surface area contributed by atoms with E-state index >= 15 is 0 Å². The lowest BCUT2D eigenvalue weighted by Gasteiger charge is -2.37. The van der Waals surface area contributed by atoms with Crippen LogP contribution in [0.2, 0.25) is 0 Å². The van der Waals surface area contributed by atoms with E-state index in [4.69, 9.17) is 0 Å². The standard InChI is InChI=1S/C21H34N4.HI/c1-17(19-8-4-3-5-9-19)25-15-12-20(13-16-25)24-21(22-2)23-14-6-7-18-10-11-18;/h3-5,8-9,17-18,20H,6-7,10-16H2,1-2H3,(H2,22,23,24);1H. The van der Waals surface area contributed by atoms with Crippen LogP contribution in [0.25, 0.3) is 0 Å². The van der Waals surface area contributed by atoms with Crippen LogP contribution in [0.5, 0.6) is 0 Å². The Kier molecular flexibility index (Phi) is 9.19. The van der Waals surface area contributed by atoms with E-state index < -0.39 is 0 Å². The molecule has 1 aromatic rings. The summed E-state index contributed by atoms with van der Waals surface area (Å²) in [6.45, 7) is 5.66. The first-order valence-corrected chi connectivity index (χ1v) is 10.0. The molecule has 0 amide bonds. The van der Waals surface area contributed by atoms with E-state index in [0.717, 1.165) is 31.5 Å². The van der Waals surface area contributed by atoms with Crippen LogP contribution in [0.15, 0.2) is 35.3 Å². The van der Waals surface area contributed by atoms with Gasteiger partial charge in [-0.15, -0.1) is 24.0 Å². The minimum Gasteiger partial charge on any atom is -0.356 e. The highest BCUT2D eigenvalue weighted by Gasteiger charge is 2.24. The highest BCUT2D eigenvalue weighted by atomic mass is 127. The van der Waals surface area contributed by atoms with Gasteiger partial charge in [0.05, 0.1) is 0 Å². The van der Waals surface area contributed by atoms with Gasteiger partial charge in [0.2, 0.25) is 0 Å². The average Bonchev–Trinajstić information content (AvgIpc) is 3.49. The van der Waals surface area contributed by atoms with Gasteiger partial charge in [0.1, 0.15) is 0 Å². The molecule has 146 valence electrons. The number of guanidine groups is 1. The Balaban J connectivity index is 0.00000243. The van der Waals surface area contributed by atoms with Gasteiger partial charge >= 0.3 is 0 Å². The van der Waals surface area contributed by atoms with E-state index in [1.54, 1.807) is 0 Å². The molecule has 0 radical (unpaired) electrons. The van der Waals surface area contributed by atoms with Crippen molar-refractivity contribution >= 4 is 29.9 Å². The quantitative estimate of drug-likeness (QED) is 0.272. The number of hydrogen-bond donors (Lipinski definition) is 2. The highest BCUT2D eigenvalue weighted by Crippen LogP contribution is 2.33. The molecule has 0 aromatic heterocycles. The summed E-state index contributed by atoms with van der Waals surface area (Å²) in [5.41, 5.74) is 1.42. The van der Waals surface area contributed by atoms with E-state index in [1.165, 1.54) is 44.1 Å². The van der Waals surface area contributed by atoms with Gasteiger partial charge in [0, 0.05) is 38.8 Å². The van der Waals surface area contributed by atoms with E-state index in [-0.39, 0.29) is 24.0 Å². The van der Waals surface area contributed by atoms with Crippen molar-refractivity contribution in [3.63, 3.8) is 0 Å². The molecule has 1 saturated heterocycles. The average molecular weight is 470 g/mol. The van der Waals surface area contributed by atoms with Crippen LogP contribution in [0.3, 0.4) is 0 Å². The molecule has 1 aliphatic heterocycles. The fourth-order valence-electron chi connectivity index (χ4n) is 3.77. The molecule has 0 bridgehead atoms. The number of hydrogen-bond acceptors (Lipinski definition) is 2. The number of likely N-dealkylation sites (tertiary alicyclic amines) is 1. The molecule has 4 nitrogen and oxygen atoms in total. The van der Waals surface area contributed by atoms with Crippen molar-refractivity contribution in [2.45, 2.75) is 57.5 Å².